The van der Waals surface area contributed by atoms with Gasteiger partial charge >= 0.3 is 11.9 Å². The molecule has 9 nitrogen and oxygen atoms in total. The molecule has 0 bridgehead atoms. The number of nitrogens with zero attached hydrogens (tertiary/aromatic N) is 3. The first kappa shape index (κ1) is 23.8. The fraction of sp³-hybridized carbons (Fsp3) is 0.160. The Bertz CT molecular complexity index is 1330. The molecule has 0 radical (unpaired) electrons. The van der Waals surface area contributed by atoms with Gasteiger partial charge in [0.15, 0.2) is 5.13 Å². The van der Waals surface area contributed by atoms with E-state index in [1.165, 1.54) is 18.2 Å². The molecule has 1 amide bonds. The van der Waals surface area contributed by atoms with Gasteiger partial charge in [0.2, 0.25) is 0 Å². The SMILES string of the molecule is C=CCOc1ccc(/C(O)=C2/C(=O)C(=O)N(c3nc(C)c(C(=O)OC)s3)C2c2cccnc2)cc1. The van der Waals surface area contributed by atoms with Gasteiger partial charge in [-0.3, -0.25) is 19.5 Å². The number of hydrogen-bond donors (Lipinski definition) is 1. The van der Waals surface area contributed by atoms with Crippen LogP contribution in [0.15, 0.2) is 67.0 Å². The first-order valence-corrected chi connectivity index (χ1v) is 11.3. The topological polar surface area (TPSA) is 119 Å². The van der Waals surface area contributed by atoms with Gasteiger partial charge < -0.3 is 14.6 Å². The molecule has 1 saturated heterocycles. The van der Waals surface area contributed by atoms with Gasteiger partial charge in [-0.25, -0.2) is 9.78 Å². The molecule has 2 aromatic heterocycles. The maximum Gasteiger partial charge on any atom is 0.350 e. The molecular formula is C25H21N3O6S. The molecule has 0 aliphatic carbocycles. The second kappa shape index (κ2) is 9.90. The molecule has 10 heteroatoms. The van der Waals surface area contributed by atoms with Crippen molar-refractivity contribution in [2.24, 2.45) is 0 Å². The lowest BCUT2D eigenvalue weighted by molar-refractivity contribution is -0.132. The van der Waals surface area contributed by atoms with E-state index in [9.17, 15) is 19.5 Å². The van der Waals surface area contributed by atoms with Gasteiger partial charge in [0.25, 0.3) is 5.78 Å². The monoisotopic (exact) mass is 491 g/mol. The molecule has 1 atom stereocenters. The van der Waals surface area contributed by atoms with Crippen LogP contribution in [0.2, 0.25) is 0 Å². The molecule has 3 heterocycles. The van der Waals surface area contributed by atoms with Crippen LogP contribution in [0.5, 0.6) is 5.75 Å². The zero-order valence-electron chi connectivity index (χ0n) is 18.9. The summed E-state index contributed by atoms with van der Waals surface area (Å²) in [5.41, 5.74) is 1.06. The number of aromatic nitrogens is 2. The van der Waals surface area contributed by atoms with E-state index in [1.807, 2.05) is 0 Å². The Morgan fingerprint density at radius 1 is 1.26 bits per heavy atom. The quantitative estimate of drug-likeness (QED) is 0.174. The Kier molecular flexibility index (Phi) is 6.74. The third kappa shape index (κ3) is 4.43. The molecule has 178 valence electrons. The van der Waals surface area contributed by atoms with E-state index in [2.05, 4.69) is 16.5 Å². The number of ketones is 1. The molecular weight excluding hydrogens is 470 g/mol. The molecule has 35 heavy (non-hydrogen) atoms. The summed E-state index contributed by atoms with van der Waals surface area (Å²) in [6.07, 6.45) is 4.67. The summed E-state index contributed by atoms with van der Waals surface area (Å²) in [6, 6.07) is 8.80. The van der Waals surface area contributed by atoms with E-state index in [0.29, 0.717) is 29.2 Å². The molecule has 0 spiro atoms. The highest BCUT2D eigenvalue weighted by atomic mass is 32.1. The number of esters is 1. The van der Waals surface area contributed by atoms with Crippen LogP contribution >= 0.6 is 11.3 Å². The van der Waals surface area contributed by atoms with Crippen LogP contribution in [0.4, 0.5) is 5.13 Å². The normalized spacial score (nSPS) is 16.9. The zero-order valence-corrected chi connectivity index (χ0v) is 19.7. The smallest absolute Gasteiger partial charge is 0.350 e. The Balaban J connectivity index is 1.84. The molecule has 1 aromatic carbocycles. The first-order valence-electron chi connectivity index (χ1n) is 10.5. The summed E-state index contributed by atoms with van der Waals surface area (Å²) in [5, 5.41) is 11.3. The zero-order chi connectivity index (χ0) is 25.1. The highest BCUT2D eigenvalue weighted by Crippen LogP contribution is 2.43. The summed E-state index contributed by atoms with van der Waals surface area (Å²) in [7, 11) is 1.25. The van der Waals surface area contributed by atoms with Crippen molar-refractivity contribution in [2.75, 3.05) is 18.6 Å². The molecule has 0 saturated carbocycles. The number of aliphatic hydroxyl groups excluding tert-OH is 1. The van der Waals surface area contributed by atoms with Crippen LogP contribution in [0, 0.1) is 6.92 Å². The lowest BCUT2D eigenvalue weighted by Gasteiger charge is -2.22. The highest BCUT2D eigenvalue weighted by molar-refractivity contribution is 7.17. The summed E-state index contributed by atoms with van der Waals surface area (Å²) >= 11 is 0.931. The van der Waals surface area contributed by atoms with Crippen molar-refractivity contribution < 1.29 is 29.0 Å². The second-order valence-electron chi connectivity index (χ2n) is 7.48. The largest absolute Gasteiger partial charge is 0.507 e. The Labute approximate surface area is 205 Å². The average molecular weight is 492 g/mol. The van der Waals surface area contributed by atoms with Crippen molar-refractivity contribution >= 4 is 39.9 Å². The number of benzene rings is 1. The standard InChI is InChI=1S/C25H21N3O6S/c1-4-12-34-17-9-7-15(8-10-17)20(29)18-19(16-6-5-11-26-13-16)28(23(31)21(18)30)25-27-14(2)22(35-25)24(32)33-3/h4-11,13,19,29H,1,12H2,2-3H3/b20-18-. The minimum atomic E-state index is -1.00. The van der Waals surface area contributed by atoms with Crippen LogP contribution in [-0.4, -0.2) is 46.5 Å². The molecule has 1 aliphatic rings. The second-order valence-corrected chi connectivity index (χ2v) is 8.46. The summed E-state index contributed by atoms with van der Waals surface area (Å²) in [6.45, 7) is 5.53. The fourth-order valence-electron chi connectivity index (χ4n) is 3.67. The summed E-state index contributed by atoms with van der Waals surface area (Å²) in [4.78, 5) is 48.4. The molecule has 1 fully saturated rings. The number of pyridine rings is 1. The predicted octanol–water partition coefficient (Wildman–Crippen LogP) is 3.82. The van der Waals surface area contributed by atoms with Gasteiger partial charge in [-0.1, -0.05) is 30.1 Å². The number of carbonyl (C=O) groups is 3. The van der Waals surface area contributed by atoms with Crippen LogP contribution in [-0.2, 0) is 14.3 Å². The van der Waals surface area contributed by atoms with Gasteiger partial charge in [-0.05, 0) is 42.8 Å². The van der Waals surface area contributed by atoms with Gasteiger partial charge in [-0.15, -0.1) is 0 Å². The average Bonchev–Trinajstić information content (AvgIpc) is 3.39. The number of amides is 1. The minimum absolute atomic E-state index is 0.116. The number of aryl methyl sites for hydroxylation is 1. The molecule has 3 aromatic rings. The van der Waals surface area contributed by atoms with Crippen LogP contribution in [0.25, 0.3) is 5.76 Å². The van der Waals surface area contributed by atoms with Crippen LogP contribution < -0.4 is 9.64 Å². The number of aliphatic hydroxyl groups is 1. The Hall–Kier alpha value is -4.31. The van der Waals surface area contributed by atoms with E-state index < -0.39 is 23.7 Å². The lowest BCUT2D eigenvalue weighted by atomic mass is 9.96. The number of ether oxygens (including phenoxy) is 2. The molecule has 4 rings (SSSR count). The van der Waals surface area contributed by atoms with E-state index in [4.69, 9.17) is 9.47 Å². The van der Waals surface area contributed by atoms with Gasteiger partial charge in [0.05, 0.1) is 24.4 Å². The number of Topliss-reactive ketones (excluding diaryl/α,β-unsaturated/α-hetero) is 1. The number of anilines is 1. The van der Waals surface area contributed by atoms with E-state index in [1.54, 1.807) is 55.6 Å². The van der Waals surface area contributed by atoms with Crippen molar-refractivity contribution in [3.8, 4) is 5.75 Å². The highest BCUT2D eigenvalue weighted by Gasteiger charge is 2.48. The van der Waals surface area contributed by atoms with Crippen molar-refractivity contribution in [1.82, 2.24) is 9.97 Å². The summed E-state index contributed by atoms with van der Waals surface area (Å²) < 4.78 is 10.3. The fourth-order valence-corrected chi connectivity index (χ4v) is 4.68. The van der Waals surface area contributed by atoms with E-state index in [-0.39, 0.29) is 21.3 Å². The third-order valence-corrected chi connectivity index (χ3v) is 6.44. The van der Waals surface area contributed by atoms with Crippen LogP contribution in [0.1, 0.15) is 32.5 Å². The molecule has 1 N–H and O–H groups in total. The van der Waals surface area contributed by atoms with Crippen molar-refractivity contribution in [2.45, 2.75) is 13.0 Å². The number of thiazole rings is 1. The van der Waals surface area contributed by atoms with E-state index in [0.717, 1.165) is 11.3 Å². The predicted molar refractivity (Wildman–Crippen MR) is 129 cm³/mol. The van der Waals surface area contributed by atoms with Gasteiger partial charge in [0.1, 0.15) is 23.0 Å². The third-order valence-electron chi connectivity index (χ3n) is 5.30. The first-order chi connectivity index (χ1) is 16.9. The maximum absolute atomic E-state index is 13.2. The molecule has 1 unspecified atom stereocenters. The number of hydrogen-bond acceptors (Lipinski definition) is 9. The van der Waals surface area contributed by atoms with Gasteiger partial charge in [-0.2, -0.15) is 0 Å². The van der Waals surface area contributed by atoms with Crippen molar-refractivity contribution in [3.05, 3.63) is 88.7 Å². The van der Waals surface area contributed by atoms with Crippen molar-refractivity contribution in [1.29, 1.82) is 0 Å². The minimum Gasteiger partial charge on any atom is -0.507 e. The Morgan fingerprint density at radius 3 is 2.63 bits per heavy atom. The Morgan fingerprint density at radius 2 is 2.00 bits per heavy atom. The lowest BCUT2D eigenvalue weighted by Crippen LogP contribution is -2.29. The van der Waals surface area contributed by atoms with Gasteiger partial charge in [0, 0.05) is 18.0 Å². The van der Waals surface area contributed by atoms with Crippen LogP contribution in [0.3, 0.4) is 0 Å². The summed E-state index contributed by atoms with van der Waals surface area (Å²) in [5.74, 6) is -2.15. The van der Waals surface area contributed by atoms with E-state index >= 15 is 0 Å². The number of methoxy groups -OCH3 is 1. The number of carbonyl (C=O) groups excluding carboxylic acids is 3. The number of rotatable bonds is 7. The van der Waals surface area contributed by atoms with Crippen molar-refractivity contribution in [3.63, 3.8) is 0 Å². The maximum atomic E-state index is 13.2. The molecule has 1 aliphatic heterocycles.